The summed E-state index contributed by atoms with van der Waals surface area (Å²) in [4.78, 5) is 15.1. The average molecular weight is 207 g/mol. The summed E-state index contributed by atoms with van der Waals surface area (Å²) in [6.07, 6.45) is 4.41. The highest BCUT2D eigenvalue weighted by atomic mass is 16.5. The molecular weight excluding hydrogens is 194 g/mol. The molecular formula is C11H13NO3. The lowest BCUT2D eigenvalue weighted by atomic mass is 10.1. The SMILES string of the molecule is CCc1nccc(C(=O)O)c1OC1CC1. The maximum Gasteiger partial charge on any atom is 0.339 e. The summed E-state index contributed by atoms with van der Waals surface area (Å²) >= 11 is 0. The minimum absolute atomic E-state index is 0.192. The van der Waals surface area contributed by atoms with E-state index in [0.717, 1.165) is 18.5 Å². The molecule has 0 spiro atoms. The van der Waals surface area contributed by atoms with Crippen LogP contribution >= 0.6 is 0 Å². The first-order valence-electron chi connectivity index (χ1n) is 5.10. The molecule has 1 N–H and O–H groups in total. The number of nitrogens with zero attached hydrogens (tertiary/aromatic N) is 1. The molecule has 0 unspecified atom stereocenters. The highest BCUT2D eigenvalue weighted by Crippen LogP contribution is 2.31. The largest absolute Gasteiger partial charge is 0.488 e. The van der Waals surface area contributed by atoms with Crippen molar-refractivity contribution in [3.05, 3.63) is 23.5 Å². The first-order valence-corrected chi connectivity index (χ1v) is 5.10. The van der Waals surface area contributed by atoms with Gasteiger partial charge in [-0.05, 0) is 25.3 Å². The summed E-state index contributed by atoms with van der Waals surface area (Å²) in [6.45, 7) is 1.94. The molecule has 1 heterocycles. The van der Waals surface area contributed by atoms with Crippen molar-refractivity contribution in [3.63, 3.8) is 0 Å². The monoisotopic (exact) mass is 207 g/mol. The van der Waals surface area contributed by atoms with E-state index in [1.165, 1.54) is 12.3 Å². The van der Waals surface area contributed by atoms with Crippen molar-refractivity contribution in [2.45, 2.75) is 32.3 Å². The van der Waals surface area contributed by atoms with Gasteiger partial charge >= 0.3 is 5.97 Å². The van der Waals surface area contributed by atoms with Gasteiger partial charge in [0, 0.05) is 6.20 Å². The Morgan fingerprint density at radius 1 is 1.67 bits per heavy atom. The Kier molecular flexibility index (Phi) is 2.58. The number of aryl methyl sites for hydroxylation is 1. The number of pyridine rings is 1. The molecule has 0 bridgehead atoms. The van der Waals surface area contributed by atoms with E-state index in [1.807, 2.05) is 6.92 Å². The van der Waals surface area contributed by atoms with Gasteiger partial charge in [-0.3, -0.25) is 4.98 Å². The van der Waals surface area contributed by atoms with Gasteiger partial charge in [-0.25, -0.2) is 4.79 Å². The van der Waals surface area contributed by atoms with E-state index in [9.17, 15) is 4.79 Å². The molecule has 0 amide bonds. The molecule has 15 heavy (non-hydrogen) atoms. The van der Waals surface area contributed by atoms with Gasteiger partial charge in [0.1, 0.15) is 5.56 Å². The van der Waals surface area contributed by atoms with Crippen LogP contribution in [0, 0.1) is 0 Å². The molecule has 4 nitrogen and oxygen atoms in total. The zero-order valence-electron chi connectivity index (χ0n) is 8.56. The van der Waals surface area contributed by atoms with Crippen LogP contribution in [0.3, 0.4) is 0 Å². The lowest BCUT2D eigenvalue weighted by Gasteiger charge is -2.11. The Labute approximate surface area is 87.9 Å². The molecule has 1 fully saturated rings. The first-order chi connectivity index (χ1) is 7.22. The Morgan fingerprint density at radius 3 is 2.93 bits per heavy atom. The molecule has 0 aliphatic heterocycles. The molecule has 1 aliphatic rings. The van der Waals surface area contributed by atoms with Crippen LogP contribution in [0.5, 0.6) is 5.75 Å². The molecule has 80 valence electrons. The molecule has 4 heteroatoms. The average Bonchev–Trinajstić information content (AvgIpc) is 3.01. The number of carbonyl (C=O) groups is 1. The summed E-state index contributed by atoms with van der Waals surface area (Å²) < 4.78 is 5.60. The maximum atomic E-state index is 11.0. The van der Waals surface area contributed by atoms with Crippen molar-refractivity contribution in [3.8, 4) is 5.75 Å². The van der Waals surface area contributed by atoms with Crippen LogP contribution in [0.2, 0.25) is 0 Å². The van der Waals surface area contributed by atoms with Crippen LogP contribution < -0.4 is 4.74 Å². The molecule has 1 aromatic heterocycles. The van der Waals surface area contributed by atoms with Crippen molar-refractivity contribution < 1.29 is 14.6 Å². The van der Waals surface area contributed by atoms with Crippen molar-refractivity contribution in [1.29, 1.82) is 0 Å². The predicted molar refractivity (Wildman–Crippen MR) is 54.2 cm³/mol. The highest BCUT2D eigenvalue weighted by Gasteiger charge is 2.27. The standard InChI is InChI=1S/C11H13NO3/c1-2-9-10(15-7-3-4-7)8(11(13)14)5-6-12-9/h5-7H,2-4H2,1H3,(H,13,14). The quantitative estimate of drug-likeness (QED) is 0.818. The number of hydrogen-bond donors (Lipinski definition) is 1. The van der Waals surface area contributed by atoms with Gasteiger partial charge in [-0.15, -0.1) is 0 Å². The summed E-state index contributed by atoms with van der Waals surface area (Å²) in [5, 5.41) is 9.01. The minimum atomic E-state index is -0.956. The van der Waals surface area contributed by atoms with Gasteiger partial charge in [0.25, 0.3) is 0 Å². The molecule has 1 saturated carbocycles. The maximum absolute atomic E-state index is 11.0. The second-order valence-electron chi connectivity index (χ2n) is 3.61. The number of aromatic nitrogens is 1. The lowest BCUT2D eigenvalue weighted by molar-refractivity contribution is 0.0691. The summed E-state index contributed by atoms with van der Waals surface area (Å²) in [7, 11) is 0. The van der Waals surface area contributed by atoms with E-state index in [1.54, 1.807) is 0 Å². The van der Waals surface area contributed by atoms with E-state index in [2.05, 4.69) is 4.98 Å². The minimum Gasteiger partial charge on any atom is -0.488 e. The van der Waals surface area contributed by atoms with E-state index in [-0.39, 0.29) is 11.7 Å². The van der Waals surface area contributed by atoms with E-state index in [0.29, 0.717) is 12.2 Å². The number of ether oxygens (including phenoxy) is 1. The van der Waals surface area contributed by atoms with Crippen LogP contribution in [-0.2, 0) is 6.42 Å². The molecule has 1 aromatic rings. The van der Waals surface area contributed by atoms with E-state index >= 15 is 0 Å². The van der Waals surface area contributed by atoms with E-state index < -0.39 is 5.97 Å². The molecule has 0 radical (unpaired) electrons. The van der Waals surface area contributed by atoms with Gasteiger partial charge in [0.2, 0.25) is 0 Å². The van der Waals surface area contributed by atoms with Gasteiger partial charge in [0.15, 0.2) is 5.75 Å². The number of carboxylic acid groups (broad SMARTS) is 1. The van der Waals surface area contributed by atoms with Crippen LogP contribution in [0.25, 0.3) is 0 Å². The van der Waals surface area contributed by atoms with Gasteiger partial charge < -0.3 is 9.84 Å². The second-order valence-corrected chi connectivity index (χ2v) is 3.61. The first kappa shape index (κ1) is 9.96. The van der Waals surface area contributed by atoms with Crippen molar-refractivity contribution >= 4 is 5.97 Å². The zero-order valence-corrected chi connectivity index (χ0v) is 8.56. The van der Waals surface area contributed by atoms with E-state index in [4.69, 9.17) is 9.84 Å². The van der Waals surface area contributed by atoms with Crippen LogP contribution in [0.1, 0.15) is 35.8 Å². The van der Waals surface area contributed by atoms with Crippen LogP contribution in [0.15, 0.2) is 12.3 Å². The molecule has 0 aromatic carbocycles. The van der Waals surface area contributed by atoms with Gasteiger partial charge in [-0.2, -0.15) is 0 Å². The van der Waals surface area contributed by atoms with Crippen LogP contribution in [-0.4, -0.2) is 22.2 Å². The Bertz CT molecular complexity index is 385. The zero-order chi connectivity index (χ0) is 10.8. The predicted octanol–water partition coefficient (Wildman–Crippen LogP) is 1.88. The number of carboxylic acids is 1. The van der Waals surface area contributed by atoms with Crippen molar-refractivity contribution in [1.82, 2.24) is 4.98 Å². The topological polar surface area (TPSA) is 59.4 Å². The van der Waals surface area contributed by atoms with Crippen molar-refractivity contribution in [2.24, 2.45) is 0 Å². The molecule has 0 atom stereocenters. The summed E-state index contributed by atoms with van der Waals surface area (Å²) in [5.41, 5.74) is 0.940. The molecule has 0 saturated heterocycles. The smallest absolute Gasteiger partial charge is 0.339 e. The molecule has 2 rings (SSSR count). The molecule has 1 aliphatic carbocycles. The fraction of sp³-hybridized carbons (Fsp3) is 0.455. The third kappa shape index (κ3) is 2.09. The summed E-state index contributed by atoms with van der Waals surface area (Å²) in [6, 6.07) is 1.49. The highest BCUT2D eigenvalue weighted by molar-refractivity contribution is 5.91. The van der Waals surface area contributed by atoms with Gasteiger partial charge in [0.05, 0.1) is 11.8 Å². The summed E-state index contributed by atoms with van der Waals surface area (Å²) in [5.74, 6) is -0.502. The number of hydrogen-bond acceptors (Lipinski definition) is 3. The van der Waals surface area contributed by atoms with Crippen molar-refractivity contribution in [2.75, 3.05) is 0 Å². The number of aromatic carboxylic acids is 1. The Hall–Kier alpha value is -1.58. The van der Waals surface area contributed by atoms with Gasteiger partial charge in [-0.1, -0.05) is 6.92 Å². The Morgan fingerprint density at radius 2 is 2.40 bits per heavy atom. The fourth-order valence-electron chi connectivity index (χ4n) is 1.40. The third-order valence-electron chi connectivity index (χ3n) is 2.35. The second kappa shape index (κ2) is 3.88. The number of rotatable bonds is 4. The fourth-order valence-corrected chi connectivity index (χ4v) is 1.40. The third-order valence-corrected chi connectivity index (χ3v) is 2.35. The Balaban J connectivity index is 2.38. The lowest BCUT2D eigenvalue weighted by Crippen LogP contribution is -2.08. The normalized spacial score (nSPS) is 15.0. The van der Waals surface area contributed by atoms with Crippen LogP contribution in [0.4, 0.5) is 0 Å².